The Morgan fingerprint density at radius 2 is 2.09 bits per heavy atom. The second kappa shape index (κ2) is 8.02. The zero-order valence-corrected chi connectivity index (χ0v) is 13.7. The lowest BCUT2D eigenvalue weighted by Crippen LogP contribution is -2.32. The molecule has 0 spiro atoms. The highest BCUT2D eigenvalue weighted by molar-refractivity contribution is 7.98. The molecule has 23 heavy (non-hydrogen) atoms. The molecule has 2 N–H and O–H groups in total. The van der Waals surface area contributed by atoms with Crippen LogP contribution in [0.3, 0.4) is 0 Å². The summed E-state index contributed by atoms with van der Waals surface area (Å²) in [6.07, 6.45) is 3.23. The van der Waals surface area contributed by atoms with E-state index in [4.69, 9.17) is 5.11 Å². The Morgan fingerprint density at radius 1 is 1.35 bits per heavy atom. The molecule has 0 aromatic heterocycles. The molecule has 0 saturated heterocycles. The van der Waals surface area contributed by atoms with Gasteiger partial charge in [-0.05, 0) is 30.5 Å². The lowest BCUT2D eigenvalue weighted by atomic mass is 9.87. The number of aliphatic carboxylic acids is 1. The van der Waals surface area contributed by atoms with Gasteiger partial charge in [-0.2, -0.15) is 17.0 Å². The summed E-state index contributed by atoms with van der Waals surface area (Å²) in [5, 5.41) is 20.8. The van der Waals surface area contributed by atoms with E-state index in [-0.39, 0.29) is 12.3 Å². The minimum absolute atomic E-state index is 0.145. The summed E-state index contributed by atoms with van der Waals surface area (Å²) in [5.74, 6) is 0.245. The number of nitriles is 1. The number of anilines is 1. The molecule has 1 saturated carbocycles. The Kier molecular flexibility index (Phi) is 6.05. The van der Waals surface area contributed by atoms with E-state index < -0.39 is 11.4 Å². The van der Waals surface area contributed by atoms with Crippen molar-refractivity contribution in [3.8, 4) is 6.07 Å². The van der Waals surface area contributed by atoms with Gasteiger partial charge in [0.15, 0.2) is 0 Å². The van der Waals surface area contributed by atoms with Crippen molar-refractivity contribution in [1.82, 2.24) is 0 Å². The number of carboxylic acids is 1. The lowest BCUT2D eigenvalue weighted by molar-refractivity contribution is -0.136. The Morgan fingerprint density at radius 3 is 2.74 bits per heavy atom. The maximum Gasteiger partial charge on any atom is 0.304 e. The van der Waals surface area contributed by atoms with E-state index in [1.807, 2.05) is 24.3 Å². The zero-order valence-electron chi connectivity index (χ0n) is 12.9. The quantitative estimate of drug-likeness (QED) is 0.747. The smallest absolute Gasteiger partial charge is 0.304 e. The largest absolute Gasteiger partial charge is 0.481 e. The number of hydrogen-bond acceptors (Lipinski definition) is 4. The number of carboxylic acid groups (broad SMARTS) is 1. The molecule has 0 bridgehead atoms. The highest BCUT2D eigenvalue weighted by Gasteiger charge is 2.41. The number of carbonyl (C=O) groups excluding carboxylic acids is 1. The molecule has 0 radical (unpaired) electrons. The van der Waals surface area contributed by atoms with Crippen molar-refractivity contribution in [2.75, 3.05) is 11.1 Å². The normalized spacial score (nSPS) is 15.8. The van der Waals surface area contributed by atoms with E-state index in [0.717, 1.165) is 18.4 Å². The number of nitrogens with one attached hydrogen (secondary N) is 1. The second-order valence-electron chi connectivity index (χ2n) is 5.75. The first-order valence-electron chi connectivity index (χ1n) is 7.67. The Bertz CT molecular complexity index is 619. The van der Waals surface area contributed by atoms with E-state index >= 15 is 0 Å². The van der Waals surface area contributed by atoms with Crippen LogP contribution in [0.1, 0.15) is 37.7 Å². The third kappa shape index (κ3) is 4.73. The number of hydrogen-bond donors (Lipinski definition) is 2. The Hall–Kier alpha value is -2.00. The summed E-state index contributed by atoms with van der Waals surface area (Å²) < 4.78 is 0. The molecule has 5 nitrogen and oxygen atoms in total. The molecule has 0 aliphatic heterocycles. The van der Waals surface area contributed by atoms with Gasteiger partial charge in [-0.3, -0.25) is 9.59 Å². The Labute approximate surface area is 140 Å². The topological polar surface area (TPSA) is 90.2 Å². The molecular weight excluding hydrogens is 312 g/mol. The first kappa shape index (κ1) is 17.4. The molecule has 1 aliphatic carbocycles. The van der Waals surface area contributed by atoms with Crippen molar-refractivity contribution in [2.24, 2.45) is 5.41 Å². The van der Waals surface area contributed by atoms with Crippen LogP contribution in [0.25, 0.3) is 0 Å². The van der Waals surface area contributed by atoms with E-state index in [9.17, 15) is 14.9 Å². The summed E-state index contributed by atoms with van der Waals surface area (Å²) in [4.78, 5) is 22.9. The number of amides is 1. The fourth-order valence-corrected chi connectivity index (χ4v) is 3.59. The van der Waals surface area contributed by atoms with Gasteiger partial charge >= 0.3 is 5.97 Å². The van der Waals surface area contributed by atoms with Crippen molar-refractivity contribution < 1.29 is 14.7 Å². The number of carbonyl (C=O) groups is 2. The highest BCUT2D eigenvalue weighted by Crippen LogP contribution is 2.38. The van der Waals surface area contributed by atoms with Gasteiger partial charge in [-0.25, -0.2) is 0 Å². The van der Waals surface area contributed by atoms with Gasteiger partial charge in [-0.1, -0.05) is 25.0 Å². The average molecular weight is 332 g/mol. The summed E-state index contributed by atoms with van der Waals surface area (Å²) in [6.45, 7) is 0. The van der Waals surface area contributed by atoms with Crippen molar-refractivity contribution in [2.45, 2.75) is 37.9 Å². The van der Waals surface area contributed by atoms with Crippen LogP contribution in [0.4, 0.5) is 5.69 Å². The minimum Gasteiger partial charge on any atom is -0.481 e. The number of benzene rings is 1. The predicted octanol–water partition coefficient (Wildman–Crippen LogP) is 3.42. The number of thioether (sulfide) groups is 1. The van der Waals surface area contributed by atoms with Crippen LogP contribution in [0, 0.1) is 16.7 Å². The summed E-state index contributed by atoms with van der Waals surface area (Å²) in [5.41, 5.74) is 0.829. The standard InChI is InChI=1S/C17H20N2O3S/c18-12-17(7-1-2-8-17)16(22)19-14-5-3-4-13(10-14)11-23-9-6-15(20)21/h3-5,10H,1-2,6-9,11H2,(H,19,22)(H,20,21). The van der Waals surface area contributed by atoms with E-state index in [2.05, 4.69) is 11.4 Å². The lowest BCUT2D eigenvalue weighted by Gasteiger charge is -2.19. The maximum atomic E-state index is 12.4. The number of rotatable bonds is 7. The molecular formula is C17H20N2O3S. The maximum absolute atomic E-state index is 12.4. The summed E-state index contributed by atoms with van der Waals surface area (Å²) in [6, 6.07) is 9.68. The predicted molar refractivity (Wildman–Crippen MR) is 90.0 cm³/mol. The summed E-state index contributed by atoms with van der Waals surface area (Å²) >= 11 is 1.55. The molecule has 0 atom stereocenters. The third-order valence-electron chi connectivity index (χ3n) is 4.02. The van der Waals surface area contributed by atoms with E-state index in [1.165, 1.54) is 0 Å². The molecule has 1 aromatic carbocycles. The van der Waals surface area contributed by atoms with Gasteiger partial charge in [0.1, 0.15) is 5.41 Å². The first-order chi connectivity index (χ1) is 11.1. The zero-order chi connectivity index (χ0) is 16.7. The van der Waals surface area contributed by atoms with Crippen molar-refractivity contribution in [3.63, 3.8) is 0 Å². The van der Waals surface area contributed by atoms with Crippen molar-refractivity contribution in [3.05, 3.63) is 29.8 Å². The molecule has 0 unspecified atom stereocenters. The molecule has 1 amide bonds. The Balaban J connectivity index is 1.93. The number of nitrogens with zero attached hydrogens (tertiary/aromatic N) is 1. The van der Waals surface area contributed by atoms with Crippen LogP contribution in [0.5, 0.6) is 0 Å². The van der Waals surface area contributed by atoms with Crippen molar-refractivity contribution >= 4 is 29.3 Å². The average Bonchev–Trinajstić information content (AvgIpc) is 3.02. The third-order valence-corrected chi connectivity index (χ3v) is 5.05. The highest BCUT2D eigenvalue weighted by atomic mass is 32.2. The molecule has 6 heteroatoms. The van der Waals surface area contributed by atoms with Crippen LogP contribution in [0.2, 0.25) is 0 Å². The van der Waals surface area contributed by atoms with Crippen LogP contribution in [-0.4, -0.2) is 22.7 Å². The van der Waals surface area contributed by atoms with Gasteiger partial charge in [0.05, 0.1) is 12.5 Å². The summed E-state index contributed by atoms with van der Waals surface area (Å²) in [7, 11) is 0. The fourth-order valence-electron chi connectivity index (χ4n) is 2.71. The first-order valence-corrected chi connectivity index (χ1v) is 8.82. The molecule has 0 heterocycles. The van der Waals surface area contributed by atoms with Crippen LogP contribution < -0.4 is 5.32 Å². The van der Waals surface area contributed by atoms with E-state index in [1.54, 1.807) is 11.8 Å². The van der Waals surface area contributed by atoms with Crippen LogP contribution in [-0.2, 0) is 15.3 Å². The van der Waals surface area contributed by atoms with Gasteiger partial charge in [-0.15, -0.1) is 0 Å². The molecule has 2 rings (SSSR count). The SMILES string of the molecule is N#CC1(C(=O)Nc2cccc(CSCCC(=O)O)c2)CCCC1. The molecule has 1 aromatic rings. The van der Waals surface area contributed by atoms with Crippen molar-refractivity contribution in [1.29, 1.82) is 5.26 Å². The van der Waals surface area contributed by atoms with Gasteiger partial charge < -0.3 is 10.4 Å². The van der Waals surface area contributed by atoms with Crippen LogP contribution >= 0.6 is 11.8 Å². The van der Waals surface area contributed by atoms with E-state index in [0.29, 0.717) is 30.0 Å². The fraction of sp³-hybridized carbons (Fsp3) is 0.471. The second-order valence-corrected chi connectivity index (χ2v) is 6.86. The van der Waals surface area contributed by atoms with Gasteiger partial charge in [0.25, 0.3) is 0 Å². The van der Waals surface area contributed by atoms with Gasteiger partial charge in [0.2, 0.25) is 5.91 Å². The molecule has 1 fully saturated rings. The van der Waals surface area contributed by atoms with Crippen LogP contribution in [0.15, 0.2) is 24.3 Å². The van der Waals surface area contributed by atoms with Gasteiger partial charge in [0, 0.05) is 17.2 Å². The molecule has 122 valence electrons. The molecule has 1 aliphatic rings. The minimum atomic E-state index is -0.883. The monoisotopic (exact) mass is 332 g/mol.